The highest BCUT2D eigenvalue weighted by Crippen LogP contribution is 2.15. The third-order valence-corrected chi connectivity index (χ3v) is 3.99. The van der Waals surface area contributed by atoms with E-state index in [1.165, 1.54) is 0 Å². The molecule has 0 saturated heterocycles. The van der Waals surface area contributed by atoms with Gasteiger partial charge in [0, 0.05) is 12.7 Å². The monoisotopic (exact) mass is 339 g/mol. The molecule has 0 radical (unpaired) electrons. The average molecular weight is 340 g/mol. The second-order valence-corrected chi connectivity index (χ2v) is 5.45. The van der Waals surface area contributed by atoms with Crippen LogP contribution in [-0.2, 0) is 17.9 Å². The molecule has 108 valence electrons. The Morgan fingerprint density at radius 1 is 1.45 bits per heavy atom. The second-order valence-electron chi connectivity index (χ2n) is 4.60. The van der Waals surface area contributed by atoms with Crippen LogP contribution in [0.2, 0.25) is 0 Å². The summed E-state index contributed by atoms with van der Waals surface area (Å²) in [7, 11) is 0. The van der Waals surface area contributed by atoms with Crippen LogP contribution in [0, 0.1) is 6.92 Å². The topological polar surface area (TPSA) is 64.7 Å². The van der Waals surface area contributed by atoms with Crippen molar-refractivity contribution in [1.29, 1.82) is 0 Å². The van der Waals surface area contributed by atoms with E-state index in [9.17, 15) is 4.79 Å². The van der Waals surface area contributed by atoms with Crippen molar-refractivity contribution in [1.82, 2.24) is 24.9 Å². The molecule has 0 aromatic carbocycles. The van der Waals surface area contributed by atoms with E-state index in [-0.39, 0.29) is 18.5 Å². The molecule has 2 aromatic heterocycles. The molecule has 1 N–H and O–H groups in total. The lowest BCUT2D eigenvalue weighted by molar-refractivity contribution is -0.122. The number of halogens is 1. The summed E-state index contributed by atoms with van der Waals surface area (Å²) in [6.45, 7) is 6.89. The maximum atomic E-state index is 12.1. The van der Waals surface area contributed by atoms with Gasteiger partial charge in [0.1, 0.15) is 6.54 Å². The summed E-state index contributed by atoms with van der Waals surface area (Å²) in [6, 6.07) is 1.84. The quantitative estimate of drug-likeness (QED) is 0.906. The molecule has 2 rings (SSSR count). The maximum absolute atomic E-state index is 12.1. The lowest BCUT2D eigenvalue weighted by Crippen LogP contribution is -2.31. The van der Waals surface area contributed by atoms with Gasteiger partial charge in [-0.15, -0.1) is 0 Å². The smallest absolute Gasteiger partial charge is 0.242 e. The Kier molecular flexibility index (Phi) is 4.59. The van der Waals surface area contributed by atoms with Crippen LogP contribution in [-0.4, -0.2) is 25.5 Å². The van der Waals surface area contributed by atoms with E-state index in [1.807, 2.05) is 31.5 Å². The molecular weight excluding hydrogens is 322 g/mol. The number of carbonyl (C=O) groups is 1. The summed E-state index contributed by atoms with van der Waals surface area (Å²) in [4.78, 5) is 12.1. The second kappa shape index (κ2) is 6.21. The Hall–Kier alpha value is -1.63. The van der Waals surface area contributed by atoms with Gasteiger partial charge in [-0.1, -0.05) is 0 Å². The fourth-order valence-corrected chi connectivity index (χ4v) is 2.35. The van der Waals surface area contributed by atoms with Gasteiger partial charge in [0.15, 0.2) is 0 Å². The highest BCUT2D eigenvalue weighted by atomic mass is 79.9. The molecule has 20 heavy (non-hydrogen) atoms. The minimum Gasteiger partial charge on any atom is -0.346 e. The fraction of sp³-hybridized carbons (Fsp3) is 0.462. The highest BCUT2D eigenvalue weighted by Gasteiger charge is 2.15. The summed E-state index contributed by atoms with van der Waals surface area (Å²) >= 11 is 3.38. The number of nitrogens with zero attached hydrogens (tertiary/aromatic N) is 4. The molecule has 0 bridgehead atoms. The fourth-order valence-electron chi connectivity index (χ4n) is 2.06. The largest absolute Gasteiger partial charge is 0.346 e. The molecule has 1 amide bonds. The molecular formula is C13H18BrN5O. The summed E-state index contributed by atoms with van der Waals surface area (Å²) in [5.41, 5.74) is 1.94. The van der Waals surface area contributed by atoms with Gasteiger partial charge in [0.05, 0.1) is 28.1 Å². The SMILES string of the molecule is CCn1nccc1C(C)NC(=O)Cn1ncc(Br)c1C. The average Bonchev–Trinajstić information content (AvgIpc) is 3.00. The molecule has 1 atom stereocenters. The van der Waals surface area contributed by atoms with E-state index in [0.717, 1.165) is 22.4 Å². The molecule has 0 aliphatic carbocycles. The Balaban J connectivity index is 1.99. The summed E-state index contributed by atoms with van der Waals surface area (Å²) in [6.07, 6.45) is 3.44. The number of nitrogens with one attached hydrogen (secondary N) is 1. The van der Waals surface area contributed by atoms with Crippen molar-refractivity contribution in [3.63, 3.8) is 0 Å². The van der Waals surface area contributed by atoms with Gasteiger partial charge in [-0.3, -0.25) is 14.2 Å². The van der Waals surface area contributed by atoms with Gasteiger partial charge in [0.25, 0.3) is 0 Å². The van der Waals surface area contributed by atoms with Crippen LogP contribution in [0.4, 0.5) is 0 Å². The van der Waals surface area contributed by atoms with Gasteiger partial charge in [0.2, 0.25) is 5.91 Å². The molecule has 6 nitrogen and oxygen atoms in total. The zero-order valence-electron chi connectivity index (χ0n) is 11.8. The normalized spacial score (nSPS) is 12.4. The predicted molar refractivity (Wildman–Crippen MR) is 79.1 cm³/mol. The van der Waals surface area contributed by atoms with E-state index < -0.39 is 0 Å². The number of carbonyl (C=O) groups excluding carboxylic acids is 1. The first-order chi connectivity index (χ1) is 9.52. The minimum absolute atomic E-state index is 0.0694. The van der Waals surface area contributed by atoms with Gasteiger partial charge in [-0.25, -0.2) is 0 Å². The molecule has 0 aliphatic heterocycles. The molecule has 0 aliphatic rings. The maximum Gasteiger partial charge on any atom is 0.242 e. The number of aryl methyl sites for hydroxylation is 1. The summed E-state index contributed by atoms with van der Waals surface area (Å²) in [5.74, 6) is -0.0694. The van der Waals surface area contributed by atoms with Crippen LogP contribution in [0.3, 0.4) is 0 Å². The van der Waals surface area contributed by atoms with Crippen molar-refractivity contribution in [2.75, 3.05) is 0 Å². The van der Waals surface area contributed by atoms with Crippen LogP contribution in [0.5, 0.6) is 0 Å². The molecule has 0 spiro atoms. The van der Waals surface area contributed by atoms with E-state index in [4.69, 9.17) is 0 Å². The molecule has 1 unspecified atom stereocenters. The lowest BCUT2D eigenvalue weighted by Gasteiger charge is -2.15. The van der Waals surface area contributed by atoms with Crippen molar-refractivity contribution in [2.45, 2.75) is 39.9 Å². The molecule has 0 fully saturated rings. The number of amides is 1. The summed E-state index contributed by atoms with van der Waals surface area (Å²) in [5, 5.41) is 11.3. The van der Waals surface area contributed by atoms with Crippen molar-refractivity contribution in [3.05, 3.63) is 34.3 Å². The van der Waals surface area contributed by atoms with Crippen LogP contribution < -0.4 is 5.32 Å². The minimum atomic E-state index is -0.0794. The van der Waals surface area contributed by atoms with E-state index >= 15 is 0 Å². The van der Waals surface area contributed by atoms with Crippen LogP contribution >= 0.6 is 15.9 Å². The van der Waals surface area contributed by atoms with Crippen molar-refractivity contribution >= 4 is 21.8 Å². The van der Waals surface area contributed by atoms with E-state index in [2.05, 4.69) is 31.4 Å². The Labute approximate surface area is 126 Å². The Morgan fingerprint density at radius 3 is 2.80 bits per heavy atom. The van der Waals surface area contributed by atoms with Gasteiger partial charge in [-0.05, 0) is 42.8 Å². The van der Waals surface area contributed by atoms with Crippen molar-refractivity contribution in [3.8, 4) is 0 Å². The number of rotatable bonds is 5. The molecule has 7 heteroatoms. The first-order valence-electron chi connectivity index (χ1n) is 6.52. The van der Waals surface area contributed by atoms with Gasteiger partial charge in [-0.2, -0.15) is 10.2 Å². The highest BCUT2D eigenvalue weighted by molar-refractivity contribution is 9.10. The van der Waals surface area contributed by atoms with Crippen LogP contribution in [0.25, 0.3) is 0 Å². The number of hydrogen-bond acceptors (Lipinski definition) is 3. The Bertz CT molecular complexity index is 604. The van der Waals surface area contributed by atoms with Crippen LogP contribution in [0.15, 0.2) is 22.9 Å². The van der Waals surface area contributed by atoms with Crippen LogP contribution in [0.1, 0.15) is 31.3 Å². The third kappa shape index (κ3) is 3.09. The van der Waals surface area contributed by atoms with Gasteiger partial charge >= 0.3 is 0 Å². The van der Waals surface area contributed by atoms with E-state index in [1.54, 1.807) is 17.1 Å². The first kappa shape index (κ1) is 14.8. The molecule has 0 saturated carbocycles. The van der Waals surface area contributed by atoms with Gasteiger partial charge < -0.3 is 5.32 Å². The number of aromatic nitrogens is 4. The van der Waals surface area contributed by atoms with Crippen molar-refractivity contribution < 1.29 is 4.79 Å². The molecule has 2 aromatic rings. The van der Waals surface area contributed by atoms with E-state index in [0.29, 0.717) is 0 Å². The zero-order valence-corrected chi connectivity index (χ0v) is 13.4. The predicted octanol–water partition coefficient (Wildman–Crippen LogP) is 2.05. The first-order valence-corrected chi connectivity index (χ1v) is 7.31. The molecule has 2 heterocycles. The zero-order chi connectivity index (χ0) is 14.7. The third-order valence-electron chi connectivity index (χ3n) is 3.21. The lowest BCUT2D eigenvalue weighted by atomic mass is 10.2. The number of hydrogen-bond donors (Lipinski definition) is 1. The van der Waals surface area contributed by atoms with Crippen molar-refractivity contribution in [2.24, 2.45) is 0 Å². The summed E-state index contributed by atoms with van der Waals surface area (Å²) < 4.78 is 4.45. The standard InChI is InChI=1S/C13H18BrN5O/c1-4-18-12(5-6-15-18)9(2)17-13(20)8-19-10(3)11(14)7-16-19/h5-7,9H,4,8H2,1-3H3,(H,17,20). The Morgan fingerprint density at radius 2 is 2.20 bits per heavy atom.